The number of benzene rings is 1. The fraction of sp³-hybridized carbons (Fsp3) is 0.444. The molecule has 0 unspecified atom stereocenters. The summed E-state index contributed by atoms with van der Waals surface area (Å²) in [5.41, 5.74) is 0.766. The van der Waals surface area contributed by atoms with Crippen LogP contribution < -0.4 is 9.47 Å². The van der Waals surface area contributed by atoms with E-state index in [1.165, 1.54) is 4.90 Å². The molecule has 0 bridgehead atoms. The molecule has 1 heterocycles. The zero-order valence-electron chi connectivity index (χ0n) is 14.8. The lowest BCUT2D eigenvalue weighted by Crippen LogP contribution is -2.28. The number of halogens is 1. The lowest BCUT2D eigenvalue weighted by Gasteiger charge is -2.17. The summed E-state index contributed by atoms with van der Waals surface area (Å²) in [6.45, 7) is 6.41. The normalized spacial score (nSPS) is 17.3. The van der Waals surface area contributed by atoms with Crippen LogP contribution in [-0.4, -0.2) is 35.8 Å². The van der Waals surface area contributed by atoms with Crippen LogP contribution in [0.1, 0.15) is 39.2 Å². The van der Waals surface area contributed by atoms with Crippen LogP contribution in [0.2, 0.25) is 0 Å². The van der Waals surface area contributed by atoms with Crippen molar-refractivity contribution in [2.75, 3.05) is 13.7 Å². The highest BCUT2D eigenvalue weighted by Crippen LogP contribution is 2.39. The molecule has 136 valence electrons. The minimum atomic E-state index is -0.244. The van der Waals surface area contributed by atoms with Crippen molar-refractivity contribution in [3.63, 3.8) is 0 Å². The minimum Gasteiger partial charge on any atom is -0.493 e. The summed E-state index contributed by atoms with van der Waals surface area (Å²) in [6.07, 6.45) is 3.39. The van der Waals surface area contributed by atoms with Gasteiger partial charge in [0.1, 0.15) is 0 Å². The number of thioether (sulfide) groups is 1. The van der Waals surface area contributed by atoms with Crippen molar-refractivity contribution < 1.29 is 19.1 Å². The average molecular weight is 428 g/mol. The van der Waals surface area contributed by atoms with Crippen LogP contribution in [0.5, 0.6) is 11.5 Å². The van der Waals surface area contributed by atoms with Gasteiger partial charge in [-0.05, 0) is 71.2 Å². The molecule has 1 saturated heterocycles. The van der Waals surface area contributed by atoms with E-state index in [1.54, 1.807) is 19.3 Å². The van der Waals surface area contributed by atoms with Gasteiger partial charge in [0.2, 0.25) is 0 Å². The van der Waals surface area contributed by atoms with Gasteiger partial charge in [-0.3, -0.25) is 14.5 Å². The van der Waals surface area contributed by atoms with Gasteiger partial charge in [-0.15, -0.1) is 0 Å². The number of hydrogen-bond donors (Lipinski definition) is 0. The van der Waals surface area contributed by atoms with Crippen molar-refractivity contribution in [1.29, 1.82) is 0 Å². The first-order valence-corrected chi connectivity index (χ1v) is 9.81. The number of amides is 2. The number of ether oxygens (including phenoxy) is 2. The van der Waals surface area contributed by atoms with E-state index < -0.39 is 0 Å². The van der Waals surface area contributed by atoms with Crippen LogP contribution in [0, 0.1) is 0 Å². The Kier molecular flexibility index (Phi) is 6.95. The highest BCUT2D eigenvalue weighted by atomic mass is 79.9. The topological polar surface area (TPSA) is 55.8 Å². The lowest BCUT2D eigenvalue weighted by molar-refractivity contribution is -0.122. The molecule has 0 aromatic heterocycles. The number of imide groups is 1. The Morgan fingerprint density at radius 2 is 2.04 bits per heavy atom. The van der Waals surface area contributed by atoms with Gasteiger partial charge in [-0.25, -0.2) is 0 Å². The summed E-state index contributed by atoms with van der Waals surface area (Å²) in [5.74, 6) is 0.966. The summed E-state index contributed by atoms with van der Waals surface area (Å²) >= 11 is 4.47. The smallest absolute Gasteiger partial charge is 0.293 e. The van der Waals surface area contributed by atoms with Crippen molar-refractivity contribution >= 4 is 44.9 Å². The number of carbonyl (C=O) groups excluding carboxylic acids is 2. The molecule has 1 atom stereocenters. The Morgan fingerprint density at radius 1 is 1.32 bits per heavy atom. The van der Waals surface area contributed by atoms with Crippen molar-refractivity contribution in [3.8, 4) is 11.5 Å². The molecule has 0 radical (unpaired) electrons. The second kappa shape index (κ2) is 8.76. The molecular formula is C18H22BrNO4S. The first-order valence-electron chi connectivity index (χ1n) is 8.20. The summed E-state index contributed by atoms with van der Waals surface area (Å²) in [5, 5.41) is -0.221. The second-order valence-electron chi connectivity index (χ2n) is 5.70. The van der Waals surface area contributed by atoms with Crippen molar-refractivity contribution in [3.05, 3.63) is 27.1 Å². The highest BCUT2D eigenvalue weighted by molar-refractivity contribution is 9.10. The number of methoxy groups -OCH3 is 1. The zero-order valence-corrected chi connectivity index (χ0v) is 17.2. The van der Waals surface area contributed by atoms with Crippen molar-refractivity contribution in [2.45, 2.75) is 39.7 Å². The Hall–Kier alpha value is -1.47. The first kappa shape index (κ1) is 19.8. The molecule has 7 heteroatoms. The predicted molar refractivity (Wildman–Crippen MR) is 104 cm³/mol. The van der Waals surface area contributed by atoms with Gasteiger partial charge < -0.3 is 9.47 Å². The SMILES string of the molecule is CCCN1C(=O)S/C(=C/c2cc(Br)c(O[C@@H](C)CC)c(OC)c2)C1=O. The van der Waals surface area contributed by atoms with Gasteiger partial charge in [-0.1, -0.05) is 13.8 Å². The van der Waals surface area contributed by atoms with E-state index in [4.69, 9.17) is 9.47 Å². The maximum absolute atomic E-state index is 12.3. The van der Waals surface area contributed by atoms with Crippen LogP contribution >= 0.6 is 27.7 Å². The van der Waals surface area contributed by atoms with Crippen LogP contribution in [0.25, 0.3) is 6.08 Å². The van der Waals surface area contributed by atoms with Crippen molar-refractivity contribution in [1.82, 2.24) is 4.90 Å². The van der Waals surface area contributed by atoms with Gasteiger partial charge in [0.15, 0.2) is 11.5 Å². The molecule has 2 rings (SSSR count). The van der Waals surface area contributed by atoms with Crippen LogP contribution in [0.4, 0.5) is 4.79 Å². The molecular weight excluding hydrogens is 406 g/mol. The molecule has 0 spiro atoms. The molecule has 1 aromatic carbocycles. The highest BCUT2D eigenvalue weighted by Gasteiger charge is 2.34. The molecule has 0 saturated carbocycles. The predicted octanol–water partition coefficient (Wildman–Crippen LogP) is 5.08. The van der Waals surface area contributed by atoms with Gasteiger partial charge in [0.25, 0.3) is 11.1 Å². The van der Waals surface area contributed by atoms with Gasteiger partial charge in [0.05, 0.1) is 22.6 Å². The van der Waals surface area contributed by atoms with Gasteiger partial charge in [0, 0.05) is 6.54 Å². The molecule has 2 amide bonds. The van der Waals surface area contributed by atoms with E-state index in [0.29, 0.717) is 22.9 Å². The molecule has 0 aliphatic carbocycles. The maximum Gasteiger partial charge on any atom is 0.293 e. The third kappa shape index (κ3) is 4.58. The number of rotatable bonds is 7. The van der Waals surface area contributed by atoms with Gasteiger partial charge in [-0.2, -0.15) is 0 Å². The van der Waals surface area contributed by atoms with Gasteiger partial charge >= 0.3 is 0 Å². The third-order valence-electron chi connectivity index (χ3n) is 3.76. The van der Waals surface area contributed by atoms with E-state index in [2.05, 4.69) is 15.9 Å². The fourth-order valence-corrected chi connectivity index (χ4v) is 3.71. The Labute approximate surface area is 160 Å². The molecule has 5 nitrogen and oxygen atoms in total. The largest absolute Gasteiger partial charge is 0.493 e. The minimum absolute atomic E-state index is 0.0570. The van der Waals surface area contributed by atoms with E-state index >= 15 is 0 Å². The van der Waals surface area contributed by atoms with Crippen LogP contribution in [-0.2, 0) is 4.79 Å². The summed E-state index contributed by atoms with van der Waals surface area (Å²) in [6, 6.07) is 3.66. The lowest BCUT2D eigenvalue weighted by atomic mass is 10.1. The fourth-order valence-electron chi connectivity index (χ4n) is 2.29. The van der Waals surface area contributed by atoms with E-state index in [1.807, 2.05) is 26.8 Å². The quantitative estimate of drug-likeness (QED) is 0.567. The molecule has 25 heavy (non-hydrogen) atoms. The molecule has 1 fully saturated rings. The maximum atomic E-state index is 12.3. The molecule has 1 aliphatic rings. The second-order valence-corrected chi connectivity index (χ2v) is 7.55. The molecule has 1 aromatic rings. The standard InChI is InChI=1S/C18H22BrNO4S/c1-5-7-20-17(21)15(25-18(20)22)10-12-8-13(19)16(14(9-12)23-4)24-11(3)6-2/h8-11H,5-7H2,1-4H3/b15-10+/t11-/m0/s1. The van der Waals surface area contributed by atoms with E-state index in [-0.39, 0.29) is 17.3 Å². The van der Waals surface area contributed by atoms with E-state index in [0.717, 1.165) is 34.6 Å². The number of carbonyl (C=O) groups is 2. The summed E-state index contributed by atoms with van der Waals surface area (Å²) in [7, 11) is 1.57. The molecule has 0 N–H and O–H groups in total. The summed E-state index contributed by atoms with van der Waals surface area (Å²) < 4.78 is 12.1. The monoisotopic (exact) mass is 427 g/mol. The van der Waals surface area contributed by atoms with Crippen molar-refractivity contribution in [2.24, 2.45) is 0 Å². The number of nitrogens with zero attached hydrogens (tertiary/aromatic N) is 1. The van der Waals surface area contributed by atoms with Crippen LogP contribution in [0.3, 0.4) is 0 Å². The Morgan fingerprint density at radius 3 is 2.64 bits per heavy atom. The Balaban J connectivity index is 2.33. The molecule has 1 aliphatic heterocycles. The summed E-state index contributed by atoms with van der Waals surface area (Å²) in [4.78, 5) is 26.0. The van der Waals surface area contributed by atoms with E-state index in [9.17, 15) is 9.59 Å². The Bertz CT molecular complexity index is 705. The third-order valence-corrected chi connectivity index (χ3v) is 5.26. The zero-order chi connectivity index (χ0) is 18.6. The van der Waals surface area contributed by atoms with Crippen LogP contribution in [0.15, 0.2) is 21.5 Å². The average Bonchev–Trinajstić information content (AvgIpc) is 2.84. The first-order chi connectivity index (χ1) is 11.9. The number of hydrogen-bond acceptors (Lipinski definition) is 5.